The summed E-state index contributed by atoms with van der Waals surface area (Å²) in [6.07, 6.45) is 0. The number of aliphatic imine (C=N–C) groups is 1. The van der Waals surface area contributed by atoms with Gasteiger partial charge >= 0.3 is 12.6 Å². The molecule has 0 fully saturated rings. The van der Waals surface area contributed by atoms with Gasteiger partial charge in [0, 0.05) is 30.7 Å². The zero-order chi connectivity index (χ0) is 20.5. The van der Waals surface area contributed by atoms with Gasteiger partial charge in [0.05, 0.1) is 12.7 Å². The van der Waals surface area contributed by atoms with Gasteiger partial charge in [0.2, 0.25) is 0 Å². The van der Waals surface area contributed by atoms with Crippen molar-refractivity contribution in [1.29, 1.82) is 0 Å². The summed E-state index contributed by atoms with van der Waals surface area (Å²) in [6.45, 7) is -2.30. The maximum absolute atomic E-state index is 12.5. The van der Waals surface area contributed by atoms with Crippen molar-refractivity contribution in [2.24, 2.45) is 4.99 Å². The van der Waals surface area contributed by atoms with Gasteiger partial charge in [0.1, 0.15) is 5.75 Å². The quantitative estimate of drug-likeness (QED) is 0.239. The molecule has 2 aromatic carbocycles. The second kappa shape index (κ2) is 12.4. The summed E-state index contributed by atoms with van der Waals surface area (Å²) >= 11 is 5.94. The molecule has 158 valence electrons. The predicted molar refractivity (Wildman–Crippen MR) is 118 cm³/mol. The molecule has 2 rings (SSSR count). The van der Waals surface area contributed by atoms with Crippen LogP contribution in [0.3, 0.4) is 0 Å². The highest BCUT2D eigenvalue weighted by molar-refractivity contribution is 14.0. The summed E-state index contributed by atoms with van der Waals surface area (Å²) in [7, 11) is 2.91. The molecule has 0 aliphatic carbocycles. The van der Waals surface area contributed by atoms with Gasteiger partial charge in [-0.25, -0.2) is 4.79 Å². The van der Waals surface area contributed by atoms with Crippen molar-refractivity contribution in [3.63, 3.8) is 0 Å². The van der Waals surface area contributed by atoms with E-state index < -0.39 is 12.6 Å². The summed E-state index contributed by atoms with van der Waals surface area (Å²) in [6, 6.07) is 11.3. The first-order valence-electron chi connectivity index (χ1n) is 8.28. The van der Waals surface area contributed by atoms with Crippen LogP contribution in [0.1, 0.15) is 21.5 Å². The van der Waals surface area contributed by atoms with Gasteiger partial charge in [0.25, 0.3) is 0 Å². The van der Waals surface area contributed by atoms with Crippen LogP contribution in [0, 0.1) is 0 Å². The number of halogens is 4. The maximum atomic E-state index is 12.5. The molecule has 0 amide bonds. The van der Waals surface area contributed by atoms with E-state index >= 15 is 0 Å². The minimum atomic E-state index is -2.93. The van der Waals surface area contributed by atoms with Crippen LogP contribution in [0.4, 0.5) is 8.78 Å². The number of hydrogen-bond donors (Lipinski definition) is 2. The van der Waals surface area contributed by atoms with Crippen LogP contribution in [0.15, 0.2) is 47.5 Å². The number of ether oxygens (including phenoxy) is 2. The summed E-state index contributed by atoms with van der Waals surface area (Å²) in [4.78, 5) is 15.5. The van der Waals surface area contributed by atoms with Crippen LogP contribution >= 0.6 is 35.6 Å². The molecular weight excluding hydrogens is 519 g/mol. The smallest absolute Gasteiger partial charge is 0.387 e. The molecule has 6 nitrogen and oxygen atoms in total. The van der Waals surface area contributed by atoms with E-state index in [1.807, 2.05) is 0 Å². The van der Waals surface area contributed by atoms with Crippen molar-refractivity contribution < 1.29 is 23.0 Å². The highest BCUT2D eigenvalue weighted by atomic mass is 127. The topological polar surface area (TPSA) is 72.0 Å². The van der Waals surface area contributed by atoms with E-state index in [1.54, 1.807) is 37.4 Å². The Kier molecular flexibility index (Phi) is 10.7. The van der Waals surface area contributed by atoms with Crippen LogP contribution in [0.2, 0.25) is 5.02 Å². The van der Waals surface area contributed by atoms with E-state index in [1.165, 1.54) is 19.2 Å². The van der Waals surface area contributed by atoms with Crippen molar-refractivity contribution >= 4 is 47.5 Å². The fraction of sp³-hybridized carbons (Fsp3) is 0.263. The number of nitrogens with one attached hydrogen (secondary N) is 2. The zero-order valence-corrected chi connectivity index (χ0v) is 18.8. The number of guanidine groups is 1. The normalized spacial score (nSPS) is 10.9. The van der Waals surface area contributed by atoms with Gasteiger partial charge in [-0.2, -0.15) is 8.78 Å². The first kappa shape index (κ1) is 24.9. The molecule has 0 unspecified atom stereocenters. The third-order valence-corrected chi connectivity index (χ3v) is 3.98. The van der Waals surface area contributed by atoms with Crippen molar-refractivity contribution in [3.05, 3.63) is 64.2 Å². The molecular formula is C19H21ClF2IN3O3. The largest absolute Gasteiger partial charge is 0.465 e. The van der Waals surface area contributed by atoms with Crippen LogP contribution < -0.4 is 15.4 Å². The zero-order valence-electron chi connectivity index (χ0n) is 15.7. The molecule has 0 aliphatic heterocycles. The van der Waals surface area contributed by atoms with Gasteiger partial charge in [-0.05, 0) is 35.9 Å². The average molecular weight is 540 g/mol. The molecule has 0 radical (unpaired) electrons. The summed E-state index contributed by atoms with van der Waals surface area (Å²) < 4.78 is 34.2. The number of esters is 1. The molecule has 0 atom stereocenters. The van der Waals surface area contributed by atoms with Crippen molar-refractivity contribution in [2.75, 3.05) is 14.2 Å². The molecule has 29 heavy (non-hydrogen) atoms. The number of carbonyl (C=O) groups is 1. The van der Waals surface area contributed by atoms with Crippen molar-refractivity contribution in [1.82, 2.24) is 10.6 Å². The van der Waals surface area contributed by atoms with Crippen LogP contribution in [-0.2, 0) is 17.8 Å². The van der Waals surface area contributed by atoms with E-state index in [4.69, 9.17) is 11.6 Å². The van der Waals surface area contributed by atoms with Gasteiger partial charge in [-0.1, -0.05) is 23.7 Å². The van der Waals surface area contributed by atoms with Crippen LogP contribution in [-0.4, -0.2) is 32.7 Å². The number of methoxy groups -OCH3 is 1. The fourth-order valence-corrected chi connectivity index (χ4v) is 2.55. The van der Waals surface area contributed by atoms with Gasteiger partial charge in [-0.15, -0.1) is 24.0 Å². The first-order valence-corrected chi connectivity index (χ1v) is 8.65. The number of rotatable bonds is 7. The highest BCUT2D eigenvalue weighted by Gasteiger charge is 2.11. The number of hydrogen-bond acceptors (Lipinski definition) is 4. The Bertz CT molecular complexity index is 836. The summed E-state index contributed by atoms with van der Waals surface area (Å²) in [5.74, 6) is 0.0982. The molecule has 2 aromatic rings. The Morgan fingerprint density at radius 3 is 2.38 bits per heavy atom. The Morgan fingerprint density at radius 1 is 1.14 bits per heavy atom. The molecule has 0 saturated carbocycles. The maximum Gasteiger partial charge on any atom is 0.387 e. The third-order valence-electron chi connectivity index (χ3n) is 3.74. The number of alkyl halides is 2. The lowest BCUT2D eigenvalue weighted by molar-refractivity contribution is -0.0504. The van der Waals surface area contributed by atoms with Gasteiger partial charge in [0.15, 0.2) is 5.96 Å². The summed E-state index contributed by atoms with van der Waals surface area (Å²) in [5.41, 5.74) is 1.85. The second-order valence-corrected chi connectivity index (χ2v) is 6.03. The Balaban J connectivity index is 0.00000420. The molecule has 0 saturated heterocycles. The third kappa shape index (κ3) is 8.01. The standard InChI is InChI=1S/C19H20ClF2N3O3.HI/c1-23-19(24-10-12-3-5-13(6-4-12)17(26)27-2)25-11-14-9-15(20)7-8-16(14)28-18(21)22;/h3-9,18H,10-11H2,1-2H3,(H2,23,24,25);1H. The molecule has 0 aromatic heterocycles. The first-order chi connectivity index (χ1) is 13.4. The Hall–Kier alpha value is -2.14. The molecule has 0 heterocycles. The molecule has 0 aliphatic rings. The lowest BCUT2D eigenvalue weighted by Gasteiger charge is -2.15. The lowest BCUT2D eigenvalue weighted by atomic mass is 10.1. The second-order valence-electron chi connectivity index (χ2n) is 5.60. The van der Waals surface area contributed by atoms with Crippen molar-refractivity contribution in [2.45, 2.75) is 19.7 Å². The highest BCUT2D eigenvalue weighted by Crippen LogP contribution is 2.24. The van der Waals surface area contributed by atoms with Crippen LogP contribution in [0.5, 0.6) is 5.75 Å². The Morgan fingerprint density at radius 2 is 1.79 bits per heavy atom. The lowest BCUT2D eigenvalue weighted by Crippen LogP contribution is -2.36. The predicted octanol–water partition coefficient (Wildman–Crippen LogP) is 4.21. The molecule has 10 heteroatoms. The average Bonchev–Trinajstić information content (AvgIpc) is 2.69. The Labute approximate surface area is 189 Å². The van der Waals surface area contributed by atoms with E-state index in [0.29, 0.717) is 28.7 Å². The van der Waals surface area contributed by atoms with E-state index in [0.717, 1.165) is 5.56 Å². The monoisotopic (exact) mass is 539 g/mol. The molecule has 0 spiro atoms. The molecule has 0 bridgehead atoms. The van der Waals surface area contributed by atoms with E-state index in [9.17, 15) is 13.6 Å². The minimum Gasteiger partial charge on any atom is -0.465 e. The number of carbonyl (C=O) groups excluding carboxylic acids is 1. The van der Waals surface area contributed by atoms with Gasteiger partial charge < -0.3 is 20.1 Å². The fourth-order valence-electron chi connectivity index (χ4n) is 2.36. The van der Waals surface area contributed by atoms with E-state index in [2.05, 4.69) is 25.1 Å². The van der Waals surface area contributed by atoms with E-state index in [-0.39, 0.29) is 36.3 Å². The summed E-state index contributed by atoms with van der Waals surface area (Å²) in [5, 5.41) is 6.52. The van der Waals surface area contributed by atoms with Gasteiger partial charge in [-0.3, -0.25) is 4.99 Å². The minimum absolute atomic E-state index is 0. The number of benzene rings is 2. The number of nitrogens with zero attached hydrogens (tertiary/aromatic N) is 1. The van der Waals surface area contributed by atoms with Crippen LogP contribution in [0.25, 0.3) is 0 Å². The SMILES string of the molecule is CN=C(NCc1ccc(C(=O)OC)cc1)NCc1cc(Cl)ccc1OC(F)F.I. The molecule has 2 N–H and O–H groups in total. The van der Waals surface area contributed by atoms with Crippen molar-refractivity contribution in [3.8, 4) is 5.75 Å².